The van der Waals surface area contributed by atoms with Gasteiger partial charge in [-0.2, -0.15) is 0 Å². The van der Waals surface area contributed by atoms with Crippen molar-refractivity contribution in [2.24, 2.45) is 5.92 Å². The number of benzene rings is 1. The molecule has 2 amide bonds. The Labute approximate surface area is 126 Å². The third-order valence-corrected chi connectivity index (χ3v) is 4.55. The lowest BCUT2D eigenvalue weighted by molar-refractivity contribution is 0.148. The van der Waals surface area contributed by atoms with Gasteiger partial charge >= 0.3 is 6.03 Å². The monoisotopic (exact) mass is 288 g/mol. The normalized spacial score (nSPS) is 19.6. The van der Waals surface area contributed by atoms with E-state index in [4.69, 9.17) is 4.74 Å². The molecule has 0 spiro atoms. The van der Waals surface area contributed by atoms with Crippen molar-refractivity contribution in [2.45, 2.75) is 31.7 Å². The molecule has 4 heteroatoms. The lowest BCUT2D eigenvalue weighted by atomic mass is 10.0. The summed E-state index contributed by atoms with van der Waals surface area (Å²) in [5.41, 5.74) is 2.76. The van der Waals surface area contributed by atoms with Crippen LogP contribution in [-0.4, -0.2) is 43.8 Å². The summed E-state index contributed by atoms with van der Waals surface area (Å²) in [5, 5.41) is 3.17. The fraction of sp³-hybridized carbons (Fsp3) is 0.588. The number of urea groups is 1. The van der Waals surface area contributed by atoms with E-state index < -0.39 is 0 Å². The average molecular weight is 288 g/mol. The fourth-order valence-electron chi connectivity index (χ4n) is 3.09. The van der Waals surface area contributed by atoms with Crippen LogP contribution in [0.2, 0.25) is 0 Å². The van der Waals surface area contributed by atoms with Gasteiger partial charge in [0.1, 0.15) is 0 Å². The molecule has 0 aromatic heterocycles. The highest BCUT2D eigenvalue weighted by Crippen LogP contribution is 2.32. The molecule has 1 heterocycles. The van der Waals surface area contributed by atoms with Gasteiger partial charge in [-0.1, -0.05) is 24.3 Å². The number of methoxy groups -OCH3 is 1. The molecule has 1 aromatic rings. The Morgan fingerprint density at radius 3 is 2.43 bits per heavy atom. The topological polar surface area (TPSA) is 41.6 Å². The number of nitrogens with zero attached hydrogens (tertiary/aromatic N) is 1. The van der Waals surface area contributed by atoms with Crippen LogP contribution in [0.25, 0.3) is 0 Å². The molecule has 1 saturated carbocycles. The predicted octanol–water partition coefficient (Wildman–Crippen LogP) is 2.22. The number of hydrogen-bond acceptors (Lipinski definition) is 2. The lowest BCUT2D eigenvalue weighted by Gasteiger charge is -2.25. The van der Waals surface area contributed by atoms with Gasteiger partial charge in [0.15, 0.2) is 0 Å². The van der Waals surface area contributed by atoms with Gasteiger partial charge in [-0.25, -0.2) is 4.79 Å². The highest BCUT2D eigenvalue weighted by atomic mass is 16.5. The van der Waals surface area contributed by atoms with Crippen LogP contribution in [0.3, 0.4) is 0 Å². The third-order valence-electron chi connectivity index (χ3n) is 4.55. The van der Waals surface area contributed by atoms with Gasteiger partial charge in [0, 0.05) is 20.2 Å². The molecular weight excluding hydrogens is 264 g/mol. The number of hydrogen-bond donors (Lipinski definition) is 1. The first-order valence-corrected chi connectivity index (χ1v) is 7.89. The van der Waals surface area contributed by atoms with Crippen LogP contribution in [0.15, 0.2) is 24.3 Å². The molecule has 1 unspecified atom stereocenters. The number of carbonyl (C=O) groups excluding carboxylic acids is 1. The number of carbonyl (C=O) groups is 1. The summed E-state index contributed by atoms with van der Waals surface area (Å²) >= 11 is 0. The van der Waals surface area contributed by atoms with Crippen LogP contribution in [0.4, 0.5) is 4.79 Å². The first-order valence-electron chi connectivity index (χ1n) is 7.89. The second-order valence-electron chi connectivity index (χ2n) is 6.10. The van der Waals surface area contributed by atoms with E-state index in [9.17, 15) is 4.79 Å². The molecule has 4 nitrogen and oxygen atoms in total. The summed E-state index contributed by atoms with van der Waals surface area (Å²) in [5.74, 6) is 0.609. The second-order valence-corrected chi connectivity index (χ2v) is 6.10. The summed E-state index contributed by atoms with van der Waals surface area (Å²) < 4.78 is 5.24. The number of amides is 2. The predicted molar refractivity (Wildman–Crippen MR) is 82.3 cm³/mol. The zero-order chi connectivity index (χ0) is 14.7. The summed E-state index contributed by atoms with van der Waals surface area (Å²) in [7, 11) is 1.70. The van der Waals surface area contributed by atoms with E-state index in [1.807, 2.05) is 4.90 Å². The van der Waals surface area contributed by atoms with E-state index in [0.717, 1.165) is 25.9 Å². The number of rotatable bonds is 4. The van der Waals surface area contributed by atoms with E-state index >= 15 is 0 Å². The Kier molecular flexibility index (Phi) is 4.44. The molecule has 1 aromatic carbocycles. The lowest BCUT2D eigenvalue weighted by Crippen LogP contribution is -2.48. The Bertz CT molecular complexity index is 472. The third kappa shape index (κ3) is 3.56. The number of ether oxygens (including phenoxy) is 1. The van der Waals surface area contributed by atoms with Crippen molar-refractivity contribution in [2.75, 3.05) is 26.8 Å². The minimum atomic E-state index is 0.0664. The Morgan fingerprint density at radius 2 is 1.90 bits per heavy atom. The van der Waals surface area contributed by atoms with E-state index in [2.05, 4.69) is 29.6 Å². The van der Waals surface area contributed by atoms with Crippen LogP contribution in [0.1, 0.15) is 24.0 Å². The molecule has 114 valence electrons. The molecule has 0 radical (unpaired) electrons. The first-order chi connectivity index (χ1) is 10.3. The zero-order valence-corrected chi connectivity index (χ0v) is 12.7. The summed E-state index contributed by atoms with van der Waals surface area (Å²) in [4.78, 5) is 14.4. The maximum absolute atomic E-state index is 12.5. The SMILES string of the molecule is COCC(NC(=O)N1CCc2ccccc2CC1)C1CC1. The van der Waals surface area contributed by atoms with Crippen LogP contribution < -0.4 is 5.32 Å². The van der Waals surface area contributed by atoms with Gasteiger partial charge in [0.2, 0.25) is 0 Å². The molecule has 0 bridgehead atoms. The minimum absolute atomic E-state index is 0.0664. The van der Waals surface area contributed by atoms with Gasteiger partial charge in [0.05, 0.1) is 12.6 Å². The van der Waals surface area contributed by atoms with Crippen LogP contribution >= 0.6 is 0 Å². The Hall–Kier alpha value is -1.55. The van der Waals surface area contributed by atoms with Crippen molar-refractivity contribution in [3.8, 4) is 0 Å². The molecule has 1 aliphatic heterocycles. The Balaban J connectivity index is 1.58. The van der Waals surface area contributed by atoms with Crippen molar-refractivity contribution in [3.05, 3.63) is 35.4 Å². The quantitative estimate of drug-likeness (QED) is 0.923. The van der Waals surface area contributed by atoms with E-state index in [1.165, 1.54) is 24.0 Å². The van der Waals surface area contributed by atoms with Crippen molar-refractivity contribution in [1.29, 1.82) is 0 Å². The van der Waals surface area contributed by atoms with Crippen LogP contribution in [0.5, 0.6) is 0 Å². The molecule has 1 fully saturated rings. The number of nitrogens with one attached hydrogen (secondary N) is 1. The highest BCUT2D eigenvalue weighted by Gasteiger charge is 2.33. The zero-order valence-electron chi connectivity index (χ0n) is 12.7. The van der Waals surface area contributed by atoms with Gasteiger partial charge in [-0.3, -0.25) is 0 Å². The van der Waals surface area contributed by atoms with Crippen molar-refractivity contribution < 1.29 is 9.53 Å². The molecule has 1 aliphatic carbocycles. The van der Waals surface area contributed by atoms with Gasteiger partial charge < -0.3 is 15.0 Å². The largest absolute Gasteiger partial charge is 0.383 e. The Morgan fingerprint density at radius 1 is 1.29 bits per heavy atom. The minimum Gasteiger partial charge on any atom is -0.383 e. The molecule has 3 rings (SSSR count). The molecular formula is C17H24N2O2. The second kappa shape index (κ2) is 6.48. The van der Waals surface area contributed by atoms with Crippen molar-refractivity contribution >= 4 is 6.03 Å². The van der Waals surface area contributed by atoms with E-state index in [-0.39, 0.29) is 12.1 Å². The maximum atomic E-state index is 12.5. The number of fused-ring (bicyclic) bond motifs is 1. The maximum Gasteiger partial charge on any atom is 0.317 e. The van der Waals surface area contributed by atoms with E-state index in [0.29, 0.717) is 12.5 Å². The highest BCUT2D eigenvalue weighted by molar-refractivity contribution is 5.74. The molecule has 1 atom stereocenters. The summed E-state index contributed by atoms with van der Waals surface area (Å²) in [6.07, 6.45) is 4.31. The molecule has 2 aliphatic rings. The first kappa shape index (κ1) is 14.4. The smallest absolute Gasteiger partial charge is 0.317 e. The fourth-order valence-corrected chi connectivity index (χ4v) is 3.09. The van der Waals surface area contributed by atoms with Crippen LogP contribution in [0, 0.1) is 5.92 Å². The molecule has 21 heavy (non-hydrogen) atoms. The van der Waals surface area contributed by atoms with Gasteiger partial charge in [0.25, 0.3) is 0 Å². The summed E-state index contributed by atoms with van der Waals surface area (Å²) in [6, 6.07) is 8.75. The molecule has 0 saturated heterocycles. The van der Waals surface area contributed by atoms with Gasteiger partial charge in [-0.05, 0) is 42.7 Å². The van der Waals surface area contributed by atoms with Crippen molar-refractivity contribution in [3.63, 3.8) is 0 Å². The summed E-state index contributed by atoms with van der Waals surface area (Å²) in [6.45, 7) is 2.21. The van der Waals surface area contributed by atoms with Gasteiger partial charge in [-0.15, -0.1) is 0 Å². The van der Waals surface area contributed by atoms with Crippen molar-refractivity contribution in [1.82, 2.24) is 10.2 Å². The van der Waals surface area contributed by atoms with Crippen LogP contribution in [-0.2, 0) is 17.6 Å². The van der Waals surface area contributed by atoms with E-state index in [1.54, 1.807) is 7.11 Å². The molecule has 1 N–H and O–H groups in total. The standard InChI is InChI=1S/C17H24N2O2/c1-21-12-16(15-6-7-15)18-17(20)19-10-8-13-4-2-3-5-14(13)9-11-19/h2-5,15-16H,6-12H2,1H3,(H,18,20). The average Bonchev–Trinajstić information content (AvgIpc) is 3.33.